The van der Waals surface area contributed by atoms with Crippen molar-refractivity contribution in [1.29, 1.82) is 5.26 Å². The molecule has 0 aliphatic carbocycles. The Bertz CT molecular complexity index is 633. The molecule has 0 aromatic heterocycles. The molecule has 1 N–H and O–H groups in total. The van der Waals surface area contributed by atoms with Gasteiger partial charge in [0.05, 0.1) is 11.8 Å². The Morgan fingerprint density at radius 2 is 1.84 bits per heavy atom. The van der Waals surface area contributed by atoms with Gasteiger partial charge in [-0.2, -0.15) is 5.26 Å². The average Bonchev–Trinajstić information content (AvgIpc) is 2.46. The van der Waals surface area contributed by atoms with E-state index in [1.165, 1.54) is 0 Å². The molecular formula is C15H11ClN2O. The molecule has 2 unspecified atom stereocenters. The highest BCUT2D eigenvalue weighted by Crippen LogP contribution is 2.37. The second-order valence-corrected chi connectivity index (χ2v) is 4.77. The number of rotatable bonds is 1. The molecule has 4 heteroatoms. The number of ether oxygens (including phenoxy) is 1. The maximum Gasteiger partial charge on any atom is 0.157 e. The number of hydrogen-bond acceptors (Lipinski definition) is 3. The highest BCUT2D eigenvalue weighted by atomic mass is 35.5. The number of anilines is 1. The van der Waals surface area contributed by atoms with Crippen molar-refractivity contribution in [3.63, 3.8) is 0 Å². The van der Waals surface area contributed by atoms with Gasteiger partial charge in [0.25, 0.3) is 0 Å². The summed E-state index contributed by atoms with van der Waals surface area (Å²) in [6.45, 7) is 0. The summed E-state index contributed by atoms with van der Waals surface area (Å²) in [7, 11) is 0. The zero-order valence-corrected chi connectivity index (χ0v) is 10.8. The van der Waals surface area contributed by atoms with Gasteiger partial charge < -0.3 is 10.1 Å². The molecule has 0 spiro atoms. The smallest absolute Gasteiger partial charge is 0.157 e. The van der Waals surface area contributed by atoms with Crippen LogP contribution < -0.4 is 10.1 Å². The normalized spacial score (nSPS) is 20.6. The first kappa shape index (κ1) is 11.9. The van der Waals surface area contributed by atoms with E-state index >= 15 is 0 Å². The van der Waals surface area contributed by atoms with Crippen LogP contribution in [0.15, 0.2) is 48.5 Å². The summed E-state index contributed by atoms with van der Waals surface area (Å²) in [6, 6.07) is 16.8. The number of halogens is 1. The van der Waals surface area contributed by atoms with Crippen molar-refractivity contribution < 1.29 is 4.74 Å². The predicted octanol–water partition coefficient (Wildman–Crippen LogP) is 3.78. The molecule has 0 saturated carbocycles. The number of hydrogen-bond donors (Lipinski definition) is 1. The molecule has 1 heterocycles. The number of nitrogens with one attached hydrogen (secondary N) is 1. The lowest BCUT2D eigenvalue weighted by Crippen LogP contribution is -2.33. The van der Waals surface area contributed by atoms with Crippen LogP contribution in [0.25, 0.3) is 0 Å². The third-order valence-electron chi connectivity index (χ3n) is 3.09. The third kappa shape index (κ3) is 2.23. The first-order valence-electron chi connectivity index (χ1n) is 5.95. The van der Waals surface area contributed by atoms with Crippen LogP contribution >= 0.6 is 11.6 Å². The summed E-state index contributed by atoms with van der Waals surface area (Å²) in [5, 5.41) is 13.1. The van der Waals surface area contributed by atoms with Crippen molar-refractivity contribution in [1.82, 2.24) is 0 Å². The maximum absolute atomic E-state index is 9.28. The van der Waals surface area contributed by atoms with Crippen molar-refractivity contribution in [2.24, 2.45) is 0 Å². The Morgan fingerprint density at radius 1 is 1.11 bits per heavy atom. The van der Waals surface area contributed by atoms with Crippen LogP contribution in [0, 0.1) is 11.3 Å². The first-order valence-corrected chi connectivity index (χ1v) is 6.33. The number of para-hydroxylation sites is 2. The fraction of sp³-hybridized carbons (Fsp3) is 0.133. The van der Waals surface area contributed by atoms with Crippen LogP contribution in [0.3, 0.4) is 0 Å². The van der Waals surface area contributed by atoms with E-state index in [0.29, 0.717) is 5.02 Å². The van der Waals surface area contributed by atoms with Crippen LogP contribution in [0.4, 0.5) is 5.69 Å². The second-order valence-electron chi connectivity index (χ2n) is 4.34. The van der Waals surface area contributed by atoms with E-state index in [-0.39, 0.29) is 6.10 Å². The number of fused-ring (bicyclic) bond motifs is 1. The van der Waals surface area contributed by atoms with E-state index in [1.807, 2.05) is 36.4 Å². The van der Waals surface area contributed by atoms with E-state index in [9.17, 15) is 5.26 Å². The summed E-state index contributed by atoms with van der Waals surface area (Å²) in [4.78, 5) is 0. The van der Waals surface area contributed by atoms with E-state index in [1.54, 1.807) is 12.1 Å². The van der Waals surface area contributed by atoms with E-state index < -0.39 is 6.04 Å². The molecule has 0 radical (unpaired) electrons. The molecule has 3 nitrogen and oxygen atoms in total. The minimum atomic E-state index is -0.420. The molecule has 2 aromatic carbocycles. The lowest BCUT2D eigenvalue weighted by atomic mass is 10.0. The van der Waals surface area contributed by atoms with E-state index in [0.717, 1.165) is 17.0 Å². The Morgan fingerprint density at radius 3 is 2.58 bits per heavy atom. The fourth-order valence-electron chi connectivity index (χ4n) is 2.15. The highest BCUT2D eigenvalue weighted by Gasteiger charge is 2.30. The van der Waals surface area contributed by atoms with Crippen molar-refractivity contribution in [3.05, 3.63) is 59.1 Å². The molecule has 2 aromatic rings. The monoisotopic (exact) mass is 270 g/mol. The Hall–Kier alpha value is -2.18. The fourth-order valence-corrected chi connectivity index (χ4v) is 2.28. The van der Waals surface area contributed by atoms with Crippen LogP contribution in [-0.4, -0.2) is 6.04 Å². The zero-order chi connectivity index (χ0) is 13.2. The molecule has 3 rings (SSSR count). The molecule has 1 aliphatic rings. The number of nitriles is 1. The molecule has 0 saturated heterocycles. The van der Waals surface area contributed by atoms with Crippen LogP contribution in [0.1, 0.15) is 11.7 Å². The molecule has 0 fully saturated rings. The maximum atomic E-state index is 9.28. The van der Waals surface area contributed by atoms with Gasteiger partial charge in [-0.1, -0.05) is 35.9 Å². The van der Waals surface area contributed by atoms with E-state index in [2.05, 4.69) is 11.4 Å². The van der Waals surface area contributed by atoms with Gasteiger partial charge in [-0.25, -0.2) is 0 Å². The van der Waals surface area contributed by atoms with Crippen LogP contribution in [0.2, 0.25) is 5.02 Å². The number of benzene rings is 2. The largest absolute Gasteiger partial charge is 0.480 e. The van der Waals surface area contributed by atoms with Crippen molar-refractivity contribution in [3.8, 4) is 11.8 Å². The molecule has 19 heavy (non-hydrogen) atoms. The molecular weight excluding hydrogens is 260 g/mol. The van der Waals surface area contributed by atoms with Gasteiger partial charge in [0.15, 0.2) is 12.1 Å². The van der Waals surface area contributed by atoms with Crippen LogP contribution in [-0.2, 0) is 0 Å². The standard InChI is InChI=1S/C15H11ClN2O/c16-11-7-5-10(6-8-11)15-13(9-17)18-12-3-1-2-4-14(12)19-15/h1-8,13,15,18H. The highest BCUT2D eigenvalue weighted by molar-refractivity contribution is 6.30. The van der Waals surface area contributed by atoms with Crippen molar-refractivity contribution in [2.75, 3.05) is 5.32 Å². The average molecular weight is 271 g/mol. The molecule has 0 bridgehead atoms. The minimum Gasteiger partial charge on any atom is -0.480 e. The van der Waals surface area contributed by atoms with Gasteiger partial charge in [-0.05, 0) is 29.8 Å². The van der Waals surface area contributed by atoms with Crippen molar-refractivity contribution >= 4 is 17.3 Å². The Balaban J connectivity index is 1.98. The summed E-state index contributed by atoms with van der Waals surface area (Å²) < 4.78 is 5.93. The third-order valence-corrected chi connectivity index (χ3v) is 3.34. The summed E-state index contributed by atoms with van der Waals surface area (Å²) in [5.74, 6) is 0.758. The Kier molecular flexibility index (Phi) is 3.02. The van der Waals surface area contributed by atoms with Crippen LogP contribution in [0.5, 0.6) is 5.75 Å². The lowest BCUT2D eigenvalue weighted by Gasteiger charge is -2.31. The van der Waals surface area contributed by atoms with Crippen molar-refractivity contribution in [2.45, 2.75) is 12.1 Å². The van der Waals surface area contributed by atoms with Gasteiger partial charge in [0, 0.05) is 5.02 Å². The summed E-state index contributed by atoms with van der Waals surface area (Å²) in [6.07, 6.45) is -0.336. The van der Waals surface area contributed by atoms with E-state index in [4.69, 9.17) is 16.3 Å². The first-order chi connectivity index (χ1) is 9.28. The molecule has 2 atom stereocenters. The topological polar surface area (TPSA) is 45.0 Å². The molecule has 0 amide bonds. The predicted molar refractivity (Wildman–Crippen MR) is 74.3 cm³/mol. The summed E-state index contributed by atoms with van der Waals surface area (Å²) in [5.41, 5.74) is 1.78. The van der Waals surface area contributed by atoms with Gasteiger partial charge in [-0.3, -0.25) is 0 Å². The summed E-state index contributed by atoms with van der Waals surface area (Å²) >= 11 is 5.88. The lowest BCUT2D eigenvalue weighted by molar-refractivity contribution is 0.189. The quantitative estimate of drug-likeness (QED) is 0.858. The van der Waals surface area contributed by atoms with Gasteiger partial charge in [0.2, 0.25) is 0 Å². The van der Waals surface area contributed by atoms with Gasteiger partial charge in [-0.15, -0.1) is 0 Å². The number of nitrogens with zero attached hydrogens (tertiary/aromatic N) is 1. The zero-order valence-electron chi connectivity index (χ0n) is 10.0. The minimum absolute atomic E-state index is 0.336. The molecule has 1 aliphatic heterocycles. The Labute approximate surface area is 116 Å². The van der Waals surface area contributed by atoms with Gasteiger partial charge >= 0.3 is 0 Å². The SMILES string of the molecule is N#CC1Nc2ccccc2OC1c1ccc(Cl)cc1. The van der Waals surface area contributed by atoms with Gasteiger partial charge in [0.1, 0.15) is 5.75 Å². The molecule has 94 valence electrons. The second kappa shape index (κ2) is 4.83.